The van der Waals surface area contributed by atoms with E-state index >= 15 is 0 Å². The molecule has 2 unspecified atom stereocenters. The van der Waals surface area contributed by atoms with Crippen LogP contribution in [0.3, 0.4) is 0 Å². The summed E-state index contributed by atoms with van der Waals surface area (Å²) in [4.78, 5) is 33.8. The Bertz CT molecular complexity index is 1240. The van der Waals surface area contributed by atoms with Crippen LogP contribution >= 0.6 is 34.8 Å². The standard InChI is InChI=1S/C27H26Cl3N3O3/c1-3-36-27(35)19-7-11-25(31-15-19)33-13-12-24(21(16-33)18-6-10-22(29)23(30)14-18)32(2)26(34)17-4-8-20(28)9-5-17/h4-11,14-15,21,24H,3,12-13,16H2,1-2H3. The van der Waals surface area contributed by atoms with Crippen LogP contribution in [0.2, 0.25) is 15.1 Å². The fourth-order valence-corrected chi connectivity index (χ4v) is 4.97. The van der Waals surface area contributed by atoms with Crippen molar-refractivity contribution in [3.05, 3.63) is 92.6 Å². The van der Waals surface area contributed by atoms with Gasteiger partial charge in [-0.05, 0) is 67.4 Å². The van der Waals surface area contributed by atoms with Crippen LogP contribution in [0, 0.1) is 0 Å². The fourth-order valence-electron chi connectivity index (χ4n) is 4.54. The number of pyridine rings is 1. The van der Waals surface area contributed by atoms with Crippen molar-refractivity contribution in [2.45, 2.75) is 25.3 Å². The van der Waals surface area contributed by atoms with Crippen molar-refractivity contribution in [2.75, 3.05) is 31.6 Å². The van der Waals surface area contributed by atoms with Gasteiger partial charge in [0.05, 0.1) is 22.2 Å². The van der Waals surface area contributed by atoms with Gasteiger partial charge in [0.1, 0.15) is 5.82 Å². The summed E-state index contributed by atoms with van der Waals surface area (Å²) in [5, 5.41) is 1.53. The highest BCUT2D eigenvalue weighted by Crippen LogP contribution is 2.35. The molecular formula is C27H26Cl3N3O3. The number of halogens is 3. The van der Waals surface area contributed by atoms with Gasteiger partial charge in [0.25, 0.3) is 5.91 Å². The highest BCUT2D eigenvalue weighted by atomic mass is 35.5. The Morgan fingerprint density at radius 3 is 2.39 bits per heavy atom. The van der Waals surface area contributed by atoms with E-state index in [1.165, 1.54) is 6.20 Å². The molecule has 4 rings (SSSR count). The third-order valence-corrected chi connectivity index (χ3v) is 7.43. The largest absolute Gasteiger partial charge is 0.462 e. The summed E-state index contributed by atoms with van der Waals surface area (Å²) in [5.41, 5.74) is 1.97. The normalized spacial score (nSPS) is 17.5. The lowest BCUT2D eigenvalue weighted by Crippen LogP contribution is -2.50. The Balaban J connectivity index is 1.61. The van der Waals surface area contributed by atoms with Crippen molar-refractivity contribution < 1.29 is 14.3 Å². The van der Waals surface area contributed by atoms with Crippen LogP contribution in [-0.2, 0) is 4.74 Å². The molecule has 0 aliphatic carbocycles. The summed E-state index contributed by atoms with van der Waals surface area (Å²) in [6.45, 7) is 3.36. The maximum Gasteiger partial charge on any atom is 0.339 e. The van der Waals surface area contributed by atoms with E-state index in [-0.39, 0.29) is 17.9 Å². The first-order valence-electron chi connectivity index (χ1n) is 11.6. The molecule has 1 aromatic heterocycles. The van der Waals surface area contributed by atoms with E-state index in [4.69, 9.17) is 39.5 Å². The van der Waals surface area contributed by atoms with Crippen LogP contribution in [0.5, 0.6) is 0 Å². The van der Waals surface area contributed by atoms with Gasteiger partial charge >= 0.3 is 5.97 Å². The molecule has 0 radical (unpaired) electrons. The highest BCUT2D eigenvalue weighted by molar-refractivity contribution is 6.42. The molecule has 0 bridgehead atoms. The van der Waals surface area contributed by atoms with Gasteiger partial charge in [0.15, 0.2) is 0 Å². The fraction of sp³-hybridized carbons (Fsp3) is 0.296. The van der Waals surface area contributed by atoms with E-state index in [1.54, 1.807) is 48.2 Å². The molecule has 2 aromatic carbocycles. The third-order valence-electron chi connectivity index (χ3n) is 6.44. The molecule has 1 aliphatic rings. The second-order valence-corrected chi connectivity index (χ2v) is 9.88. The maximum absolute atomic E-state index is 13.3. The van der Waals surface area contributed by atoms with Gasteiger partial charge in [-0.25, -0.2) is 9.78 Å². The number of hydrogen-bond donors (Lipinski definition) is 0. The Morgan fingerprint density at radius 2 is 1.75 bits per heavy atom. The predicted octanol–water partition coefficient (Wildman–Crippen LogP) is 6.35. The van der Waals surface area contributed by atoms with Gasteiger partial charge in [0, 0.05) is 48.9 Å². The van der Waals surface area contributed by atoms with Crippen molar-refractivity contribution in [1.82, 2.24) is 9.88 Å². The first kappa shape index (κ1) is 26.3. The minimum Gasteiger partial charge on any atom is -0.462 e. The summed E-state index contributed by atoms with van der Waals surface area (Å²) >= 11 is 18.6. The molecule has 1 amide bonds. The number of amides is 1. The Hall–Kier alpha value is -2.80. The number of esters is 1. The van der Waals surface area contributed by atoms with Crippen LogP contribution in [0.15, 0.2) is 60.8 Å². The molecule has 1 saturated heterocycles. The van der Waals surface area contributed by atoms with E-state index in [9.17, 15) is 9.59 Å². The summed E-state index contributed by atoms with van der Waals surface area (Å²) < 4.78 is 5.05. The molecule has 6 nitrogen and oxygen atoms in total. The topological polar surface area (TPSA) is 62.7 Å². The van der Waals surface area contributed by atoms with Gasteiger partial charge in [-0.2, -0.15) is 0 Å². The van der Waals surface area contributed by atoms with Crippen molar-refractivity contribution in [1.29, 1.82) is 0 Å². The quantitative estimate of drug-likeness (QED) is 0.337. The molecule has 1 fully saturated rings. The van der Waals surface area contributed by atoms with E-state index in [0.717, 1.165) is 11.4 Å². The predicted molar refractivity (Wildman–Crippen MR) is 144 cm³/mol. The van der Waals surface area contributed by atoms with Gasteiger partial charge in [-0.15, -0.1) is 0 Å². The van der Waals surface area contributed by atoms with E-state index in [2.05, 4.69) is 9.88 Å². The number of rotatable bonds is 6. The Kier molecular flexibility index (Phi) is 8.39. The monoisotopic (exact) mass is 545 g/mol. The Labute approximate surface area is 225 Å². The third kappa shape index (κ3) is 5.77. The zero-order chi connectivity index (χ0) is 25.8. The number of piperidine rings is 1. The number of ether oxygens (including phenoxy) is 1. The summed E-state index contributed by atoms with van der Waals surface area (Å²) in [5.74, 6) is 0.220. The molecule has 1 aliphatic heterocycles. The number of anilines is 1. The zero-order valence-corrected chi connectivity index (χ0v) is 22.2. The second-order valence-electron chi connectivity index (χ2n) is 8.63. The van der Waals surface area contributed by atoms with Crippen molar-refractivity contribution in [3.8, 4) is 0 Å². The van der Waals surface area contributed by atoms with E-state index < -0.39 is 5.97 Å². The van der Waals surface area contributed by atoms with Crippen LogP contribution < -0.4 is 4.90 Å². The number of aromatic nitrogens is 1. The summed E-state index contributed by atoms with van der Waals surface area (Å²) in [6, 6.07) is 16.0. The molecular weight excluding hydrogens is 521 g/mol. The van der Waals surface area contributed by atoms with Crippen molar-refractivity contribution in [3.63, 3.8) is 0 Å². The zero-order valence-electron chi connectivity index (χ0n) is 20.0. The Morgan fingerprint density at radius 1 is 1.03 bits per heavy atom. The first-order valence-corrected chi connectivity index (χ1v) is 12.8. The number of hydrogen-bond acceptors (Lipinski definition) is 5. The van der Waals surface area contributed by atoms with Gasteiger partial charge in [0.2, 0.25) is 0 Å². The smallest absolute Gasteiger partial charge is 0.339 e. The molecule has 2 atom stereocenters. The lowest BCUT2D eigenvalue weighted by molar-refractivity contribution is 0.0525. The number of benzene rings is 2. The van der Waals surface area contributed by atoms with E-state index in [1.807, 2.05) is 25.2 Å². The lowest BCUT2D eigenvalue weighted by atomic mass is 9.84. The summed E-state index contributed by atoms with van der Waals surface area (Å²) in [6.07, 6.45) is 2.24. The molecule has 0 N–H and O–H groups in total. The molecule has 0 spiro atoms. The highest BCUT2D eigenvalue weighted by Gasteiger charge is 2.36. The second kappa shape index (κ2) is 11.5. The van der Waals surface area contributed by atoms with Crippen molar-refractivity contribution in [2.24, 2.45) is 0 Å². The number of carbonyl (C=O) groups is 2. The number of carbonyl (C=O) groups excluding carboxylic acids is 2. The van der Waals surface area contributed by atoms with Crippen LogP contribution in [-0.4, -0.2) is 54.5 Å². The van der Waals surface area contributed by atoms with Crippen LogP contribution in [0.1, 0.15) is 45.5 Å². The SMILES string of the molecule is CCOC(=O)c1ccc(N2CCC(N(C)C(=O)c3ccc(Cl)cc3)C(c3ccc(Cl)c(Cl)c3)C2)nc1. The molecule has 9 heteroatoms. The van der Waals surface area contributed by atoms with Crippen LogP contribution in [0.4, 0.5) is 5.82 Å². The molecule has 3 aromatic rings. The molecule has 36 heavy (non-hydrogen) atoms. The maximum atomic E-state index is 13.3. The lowest BCUT2D eigenvalue weighted by Gasteiger charge is -2.43. The van der Waals surface area contributed by atoms with Gasteiger partial charge in [-0.1, -0.05) is 40.9 Å². The average molecular weight is 547 g/mol. The van der Waals surface area contributed by atoms with Gasteiger partial charge in [-0.3, -0.25) is 4.79 Å². The van der Waals surface area contributed by atoms with Crippen LogP contribution in [0.25, 0.3) is 0 Å². The first-order chi connectivity index (χ1) is 17.3. The molecule has 0 saturated carbocycles. The molecule has 2 heterocycles. The minimum absolute atomic E-state index is 0.0544. The minimum atomic E-state index is -0.397. The van der Waals surface area contributed by atoms with E-state index in [0.29, 0.717) is 52.3 Å². The average Bonchev–Trinajstić information content (AvgIpc) is 2.90. The summed E-state index contributed by atoms with van der Waals surface area (Å²) in [7, 11) is 1.83. The molecule has 188 valence electrons. The van der Waals surface area contributed by atoms with Gasteiger partial charge < -0.3 is 14.5 Å². The number of nitrogens with zero attached hydrogens (tertiary/aromatic N) is 3. The van der Waals surface area contributed by atoms with Crippen molar-refractivity contribution >= 4 is 52.5 Å². The number of likely N-dealkylation sites (N-methyl/N-ethyl adjacent to an activating group) is 1.